The third-order valence-electron chi connectivity index (χ3n) is 3.29. The highest BCUT2D eigenvalue weighted by atomic mass is 127. The highest BCUT2D eigenvalue weighted by Gasteiger charge is 2.27. The Kier molecular flexibility index (Phi) is 11.2. The number of morpholine rings is 1. The Morgan fingerprint density at radius 2 is 1.88 bits per heavy atom. The number of guanidine groups is 1. The third kappa shape index (κ3) is 11.3. The molecule has 0 bridgehead atoms. The summed E-state index contributed by atoms with van der Waals surface area (Å²) in [4.78, 5) is 6.28. The van der Waals surface area contributed by atoms with Crippen molar-refractivity contribution in [3.8, 4) is 0 Å². The summed E-state index contributed by atoms with van der Waals surface area (Å²) >= 11 is 0. The molecule has 0 amide bonds. The summed E-state index contributed by atoms with van der Waals surface area (Å²) in [6.45, 7) is 7.12. The van der Waals surface area contributed by atoms with Crippen LogP contribution in [0.4, 0.5) is 13.2 Å². The highest BCUT2D eigenvalue weighted by molar-refractivity contribution is 14.0. The minimum absolute atomic E-state index is 0. The first-order valence-electron chi connectivity index (χ1n) is 7.83. The fourth-order valence-corrected chi connectivity index (χ4v) is 2.20. The number of ether oxygens (including phenoxy) is 1. The molecule has 0 saturated carbocycles. The van der Waals surface area contributed by atoms with Crippen molar-refractivity contribution in [2.75, 3.05) is 52.5 Å². The molecule has 1 heterocycles. The lowest BCUT2D eigenvalue weighted by atomic mass is 10.1. The molecule has 1 atom stereocenters. The molecule has 6 nitrogen and oxygen atoms in total. The van der Waals surface area contributed by atoms with Crippen LogP contribution in [-0.2, 0) is 4.74 Å². The second-order valence-electron chi connectivity index (χ2n) is 5.87. The van der Waals surface area contributed by atoms with Crippen molar-refractivity contribution >= 4 is 29.9 Å². The Morgan fingerprint density at radius 3 is 2.42 bits per heavy atom. The predicted octanol–water partition coefficient (Wildman–Crippen LogP) is 1.20. The Morgan fingerprint density at radius 1 is 1.25 bits per heavy atom. The molecule has 0 aliphatic carbocycles. The first kappa shape index (κ1) is 23.7. The topological polar surface area (TPSA) is 69.1 Å². The summed E-state index contributed by atoms with van der Waals surface area (Å²) in [5, 5.41) is 15.9. The number of aliphatic imine (C=N–C) groups is 1. The monoisotopic (exact) mass is 468 g/mol. The van der Waals surface area contributed by atoms with E-state index < -0.39 is 18.2 Å². The van der Waals surface area contributed by atoms with E-state index in [1.54, 1.807) is 6.92 Å². The van der Waals surface area contributed by atoms with Gasteiger partial charge in [-0.1, -0.05) is 0 Å². The summed E-state index contributed by atoms with van der Waals surface area (Å²) in [7, 11) is 0. The minimum atomic E-state index is -4.20. The molecule has 24 heavy (non-hydrogen) atoms. The molecule has 0 aromatic carbocycles. The van der Waals surface area contributed by atoms with Gasteiger partial charge < -0.3 is 20.5 Å². The first-order chi connectivity index (χ1) is 10.7. The molecule has 1 fully saturated rings. The van der Waals surface area contributed by atoms with E-state index in [-0.39, 0.29) is 43.0 Å². The second kappa shape index (κ2) is 11.3. The lowest BCUT2D eigenvalue weighted by Crippen LogP contribution is -2.48. The number of hydrogen-bond acceptors (Lipinski definition) is 4. The van der Waals surface area contributed by atoms with Crippen LogP contribution >= 0.6 is 24.0 Å². The molecule has 0 aromatic rings. The van der Waals surface area contributed by atoms with Gasteiger partial charge in [-0.25, -0.2) is 0 Å². The van der Waals surface area contributed by atoms with Gasteiger partial charge in [-0.3, -0.25) is 9.89 Å². The largest absolute Gasteiger partial charge is 0.390 e. The van der Waals surface area contributed by atoms with E-state index in [1.807, 2.05) is 6.92 Å². The van der Waals surface area contributed by atoms with Crippen molar-refractivity contribution < 1.29 is 23.0 Å². The zero-order chi connectivity index (χ0) is 17.3. The highest BCUT2D eigenvalue weighted by Crippen LogP contribution is 2.18. The molecule has 1 aliphatic heterocycles. The number of nitrogens with one attached hydrogen (secondary N) is 2. The van der Waals surface area contributed by atoms with Crippen LogP contribution in [0, 0.1) is 0 Å². The molecule has 0 spiro atoms. The molecule has 1 unspecified atom stereocenters. The SMILES string of the molecule is CCNC(=NCC(C)(O)CN1CCOCC1)NCCC(F)(F)F.I. The average Bonchev–Trinajstić information content (AvgIpc) is 2.44. The fourth-order valence-electron chi connectivity index (χ4n) is 2.20. The van der Waals surface area contributed by atoms with Crippen molar-refractivity contribution in [1.82, 2.24) is 15.5 Å². The van der Waals surface area contributed by atoms with Gasteiger partial charge in [-0.05, 0) is 13.8 Å². The Labute approximate surface area is 158 Å². The molecule has 1 aliphatic rings. The molecule has 1 saturated heterocycles. The molecular formula is C14H28F3IN4O2. The molecule has 0 radical (unpaired) electrons. The minimum Gasteiger partial charge on any atom is -0.387 e. The zero-order valence-electron chi connectivity index (χ0n) is 14.2. The van der Waals surface area contributed by atoms with Gasteiger partial charge in [0, 0.05) is 32.7 Å². The van der Waals surface area contributed by atoms with Crippen LogP contribution in [0.5, 0.6) is 0 Å². The van der Waals surface area contributed by atoms with Crippen LogP contribution in [0.3, 0.4) is 0 Å². The number of rotatable bonds is 7. The van der Waals surface area contributed by atoms with Crippen molar-refractivity contribution in [3.05, 3.63) is 0 Å². The van der Waals surface area contributed by atoms with Gasteiger partial charge >= 0.3 is 6.18 Å². The van der Waals surface area contributed by atoms with E-state index in [1.165, 1.54) is 0 Å². The van der Waals surface area contributed by atoms with Crippen LogP contribution in [0.1, 0.15) is 20.3 Å². The van der Waals surface area contributed by atoms with Crippen molar-refractivity contribution in [2.45, 2.75) is 32.0 Å². The third-order valence-corrected chi connectivity index (χ3v) is 3.29. The van der Waals surface area contributed by atoms with Crippen LogP contribution in [0.15, 0.2) is 4.99 Å². The van der Waals surface area contributed by atoms with Crippen molar-refractivity contribution in [3.63, 3.8) is 0 Å². The van der Waals surface area contributed by atoms with Gasteiger partial charge in [-0.2, -0.15) is 13.2 Å². The molecular weight excluding hydrogens is 440 g/mol. The van der Waals surface area contributed by atoms with Gasteiger partial charge in [0.2, 0.25) is 0 Å². The van der Waals surface area contributed by atoms with E-state index in [2.05, 4.69) is 20.5 Å². The number of halogens is 4. The smallest absolute Gasteiger partial charge is 0.387 e. The predicted molar refractivity (Wildman–Crippen MR) is 98.0 cm³/mol. The van der Waals surface area contributed by atoms with E-state index in [0.29, 0.717) is 26.3 Å². The van der Waals surface area contributed by atoms with Gasteiger partial charge in [0.1, 0.15) is 0 Å². The van der Waals surface area contributed by atoms with Crippen molar-refractivity contribution in [1.29, 1.82) is 0 Å². The lowest BCUT2D eigenvalue weighted by Gasteiger charge is -2.33. The van der Waals surface area contributed by atoms with Gasteiger partial charge in [0.05, 0.1) is 31.8 Å². The van der Waals surface area contributed by atoms with Gasteiger partial charge in [-0.15, -0.1) is 24.0 Å². The maximum Gasteiger partial charge on any atom is 0.390 e. The number of hydrogen-bond donors (Lipinski definition) is 3. The Balaban J connectivity index is 0.00000529. The normalized spacial score (nSPS) is 19.3. The maximum atomic E-state index is 12.2. The van der Waals surface area contributed by atoms with Gasteiger partial charge in [0.25, 0.3) is 0 Å². The van der Waals surface area contributed by atoms with Crippen LogP contribution in [0.25, 0.3) is 0 Å². The Hall–Kier alpha value is -0.330. The number of aliphatic hydroxyl groups is 1. The summed E-state index contributed by atoms with van der Waals surface area (Å²) in [6.07, 6.45) is -5.13. The fraction of sp³-hybridized carbons (Fsp3) is 0.929. The van der Waals surface area contributed by atoms with Crippen molar-refractivity contribution in [2.24, 2.45) is 4.99 Å². The second-order valence-corrected chi connectivity index (χ2v) is 5.87. The van der Waals surface area contributed by atoms with Crippen LogP contribution < -0.4 is 10.6 Å². The molecule has 0 aromatic heterocycles. The zero-order valence-corrected chi connectivity index (χ0v) is 16.5. The average molecular weight is 468 g/mol. The quantitative estimate of drug-likeness (QED) is 0.298. The summed E-state index contributed by atoms with van der Waals surface area (Å²) in [5.74, 6) is 0.277. The molecule has 144 valence electrons. The number of alkyl halides is 3. The summed E-state index contributed by atoms with van der Waals surface area (Å²) in [6, 6.07) is 0. The van der Waals surface area contributed by atoms with Crippen LogP contribution in [0.2, 0.25) is 0 Å². The van der Waals surface area contributed by atoms with Crippen LogP contribution in [-0.4, -0.2) is 80.2 Å². The summed E-state index contributed by atoms with van der Waals surface area (Å²) in [5.41, 5.74) is -1.05. The standard InChI is InChI=1S/C14H27F3N4O2.HI/c1-3-18-12(19-5-4-14(15,16)17)20-10-13(2,22)11-21-6-8-23-9-7-21;/h22H,3-11H2,1-2H3,(H2,18,19,20);1H. The van der Waals surface area contributed by atoms with E-state index in [0.717, 1.165) is 13.1 Å². The molecule has 3 N–H and O–H groups in total. The molecule has 1 rings (SSSR count). The maximum absolute atomic E-state index is 12.2. The van der Waals surface area contributed by atoms with Gasteiger partial charge in [0.15, 0.2) is 5.96 Å². The van der Waals surface area contributed by atoms with E-state index in [4.69, 9.17) is 4.74 Å². The first-order valence-corrected chi connectivity index (χ1v) is 7.83. The molecule has 10 heteroatoms. The summed E-state index contributed by atoms with van der Waals surface area (Å²) < 4.78 is 41.8. The number of nitrogens with zero attached hydrogens (tertiary/aromatic N) is 2. The number of β-amino-alcohol motifs (C(OH)–C–C–N with tert-alkyl or cyclic N) is 1. The Bertz CT molecular complexity index is 376. The van der Waals surface area contributed by atoms with E-state index >= 15 is 0 Å². The van der Waals surface area contributed by atoms with E-state index in [9.17, 15) is 18.3 Å². The lowest BCUT2D eigenvalue weighted by molar-refractivity contribution is -0.132.